The fourth-order valence-corrected chi connectivity index (χ4v) is 3.43. The fraction of sp³-hybridized carbons (Fsp3) is 0.0400. The van der Waals surface area contributed by atoms with Crippen LogP contribution >= 0.6 is 0 Å². The summed E-state index contributed by atoms with van der Waals surface area (Å²) in [5.74, 6) is 0. The molecule has 1 heteroatoms. The third-order valence-electron chi connectivity index (χ3n) is 4.84. The lowest BCUT2D eigenvalue weighted by molar-refractivity contribution is 0.282. The third-order valence-corrected chi connectivity index (χ3v) is 4.84. The van der Waals surface area contributed by atoms with Gasteiger partial charge in [0.15, 0.2) is 0 Å². The Morgan fingerprint density at radius 3 is 2.15 bits per heavy atom. The largest absolute Gasteiger partial charge is 0.392 e. The van der Waals surface area contributed by atoms with Gasteiger partial charge in [0, 0.05) is 0 Å². The highest BCUT2D eigenvalue weighted by molar-refractivity contribution is 5.96. The number of benzene rings is 4. The van der Waals surface area contributed by atoms with Crippen molar-refractivity contribution in [2.45, 2.75) is 6.61 Å². The van der Waals surface area contributed by atoms with E-state index in [1.807, 2.05) is 18.2 Å². The van der Waals surface area contributed by atoms with E-state index < -0.39 is 0 Å². The van der Waals surface area contributed by atoms with E-state index in [1.165, 1.54) is 21.9 Å². The molecule has 0 aromatic heterocycles. The van der Waals surface area contributed by atoms with Crippen molar-refractivity contribution in [3.05, 3.63) is 103 Å². The predicted octanol–water partition coefficient (Wildman–Crippen LogP) is 6.31. The maximum atomic E-state index is 9.67. The van der Waals surface area contributed by atoms with Crippen LogP contribution < -0.4 is 0 Å². The van der Waals surface area contributed by atoms with Crippen LogP contribution in [0.2, 0.25) is 0 Å². The van der Waals surface area contributed by atoms with Crippen LogP contribution in [0.5, 0.6) is 0 Å². The summed E-state index contributed by atoms with van der Waals surface area (Å²) >= 11 is 0. The molecule has 0 bridgehead atoms. The quantitative estimate of drug-likeness (QED) is 0.463. The summed E-state index contributed by atoms with van der Waals surface area (Å²) in [5, 5.41) is 12.2. The molecule has 4 aromatic rings. The lowest BCUT2D eigenvalue weighted by atomic mass is 9.94. The molecule has 26 heavy (non-hydrogen) atoms. The first-order valence-electron chi connectivity index (χ1n) is 8.75. The average molecular weight is 336 g/mol. The number of aliphatic hydroxyl groups is 1. The van der Waals surface area contributed by atoms with Crippen LogP contribution in [0.1, 0.15) is 11.1 Å². The second kappa shape index (κ2) is 6.99. The molecule has 0 saturated heterocycles. The Morgan fingerprint density at radius 1 is 0.731 bits per heavy atom. The fourth-order valence-electron chi connectivity index (χ4n) is 3.43. The lowest BCUT2D eigenvalue weighted by Gasteiger charge is -2.11. The van der Waals surface area contributed by atoms with Crippen LogP contribution in [0.15, 0.2) is 91.5 Å². The average Bonchev–Trinajstić information content (AvgIpc) is 2.73. The summed E-state index contributed by atoms with van der Waals surface area (Å²) in [7, 11) is 0. The van der Waals surface area contributed by atoms with Crippen molar-refractivity contribution in [2.24, 2.45) is 0 Å². The van der Waals surface area contributed by atoms with Crippen molar-refractivity contribution in [3.8, 4) is 22.3 Å². The van der Waals surface area contributed by atoms with Gasteiger partial charge in [-0.3, -0.25) is 0 Å². The Hall–Kier alpha value is -3.16. The highest BCUT2D eigenvalue weighted by Crippen LogP contribution is 2.32. The van der Waals surface area contributed by atoms with E-state index in [-0.39, 0.29) is 6.61 Å². The molecular formula is C25H20O. The van der Waals surface area contributed by atoms with Crippen molar-refractivity contribution >= 4 is 16.8 Å². The van der Waals surface area contributed by atoms with Crippen LogP contribution in [0.3, 0.4) is 0 Å². The van der Waals surface area contributed by atoms with Crippen molar-refractivity contribution in [2.75, 3.05) is 0 Å². The standard InChI is InChI=1S/C25H20O/c1-2-18-10-11-22(17-26)25(16-18)21-14-12-20(13-15-21)24-9-5-7-19-6-3-4-8-23(19)24/h2-16,26H,1,17H2. The monoisotopic (exact) mass is 336 g/mol. The topological polar surface area (TPSA) is 20.2 Å². The first-order chi connectivity index (χ1) is 12.8. The second-order valence-corrected chi connectivity index (χ2v) is 6.38. The molecule has 0 aliphatic carbocycles. The predicted molar refractivity (Wildman–Crippen MR) is 111 cm³/mol. The lowest BCUT2D eigenvalue weighted by Crippen LogP contribution is -1.91. The van der Waals surface area contributed by atoms with Crippen LogP contribution in [0, 0.1) is 0 Å². The molecule has 1 N–H and O–H groups in total. The highest BCUT2D eigenvalue weighted by atomic mass is 16.3. The maximum Gasteiger partial charge on any atom is 0.0687 e. The number of hydrogen-bond donors (Lipinski definition) is 1. The molecule has 0 aliphatic rings. The van der Waals surface area contributed by atoms with Gasteiger partial charge in [0.2, 0.25) is 0 Å². The first-order valence-corrected chi connectivity index (χ1v) is 8.75. The zero-order valence-electron chi connectivity index (χ0n) is 14.5. The van der Waals surface area contributed by atoms with Gasteiger partial charge in [0.25, 0.3) is 0 Å². The molecule has 0 aliphatic heterocycles. The second-order valence-electron chi connectivity index (χ2n) is 6.38. The summed E-state index contributed by atoms with van der Waals surface area (Å²) in [4.78, 5) is 0. The summed E-state index contributed by atoms with van der Waals surface area (Å²) < 4.78 is 0. The Labute approximate surface area is 153 Å². The Bertz CT molecular complexity index is 1070. The van der Waals surface area contributed by atoms with E-state index in [1.54, 1.807) is 0 Å². The summed E-state index contributed by atoms with van der Waals surface area (Å²) in [6.07, 6.45) is 1.83. The van der Waals surface area contributed by atoms with Gasteiger partial charge < -0.3 is 5.11 Å². The van der Waals surface area contributed by atoms with Crippen molar-refractivity contribution < 1.29 is 5.11 Å². The number of fused-ring (bicyclic) bond motifs is 1. The van der Waals surface area contributed by atoms with Gasteiger partial charge in [-0.1, -0.05) is 91.5 Å². The Morgan fingerprint density at radius 2 is 1.42 bits per heavy atom. The van der Waals surface area contributed by atoms with Gasteiger partial charge in [0.1, 0.15) is 0 Å². The van der Waals surface area contributed by atoms with E-state index in [2.05, 4.69) is 79.4 Å². The van der Waals surface area contributed by atoms with Gasteiger partial charge in [0.05, 0.1) is 6.61 Å². The summed E-state index contributed by atoms with van der Waals surface area (Å²) in [6.45, 7) is 3.87. The number of hydrogen-bond acceptors (Lipinski definition) is 1. The van der Waals surface area contributed by atoms with Crippen LogP contribution in [-0.4, -0.2) is 5.11 Å². The summed E-state index contributed by atoms with van der Waals surface area (Å²) in [5.41, 5.74) is 6.55. The normalized spacial score (nSPS) is 10.8. The van der Waals surface area contributed by atoms with Crippen molar-refractivity contribution in [1.82, 2.24) is 0 Å². The van der Waals surface area contributed by atoms with Crippen LogP contribution in [0.4, 0.5) is 0 Å². The van der Waals surface area contributed by atoms with Crippen LogP contribution in [-0.2, 0) is 6.61 Å². The molecule has 4 rings (SSSR count). The molecule has 1 nitrogen and oxygen atoms in total. The molecule has 4 aromatic carbocycles. The van der Waals surface area contributed by atoms with E-state index in [0.29, 0.717) is 0 Å². The van der Waals surface area contributed by atoms with E-state index >= 15 is 0 Å². The maximum absolute atomic E-state index is 9.67. The van der Waals surface area contributed by atoms with Gasteiger partial charge in [-0.15, -0.1) is 0 Å². The molecule has 0 amide bonds. The molecule has 126 valence electrons. The van der Waals surface area contributed by atoms with E-state index in [0.717, 1.165) is 22.3 Å². The molecule has 0 spiro atoms. The van der Waals surface area contributed by atoms with Crippen LogP contribution in [0.25, 0.3) is 39.1 Å². The number of rotatable bonds is 4. The van der Waals surface area contributed by atoms with E-state index in [9.17, 15) is 5.11 Å². The van der Waals surface area contributed by atoms with Crippen molar-refractivity contribution in [3.63, 3.8) is 0 Å². The minimum Gasteiger partial charge on any atom is -0.392 e. The SMILES string of the molecule is C=Cc1ccc(CO)c(-c2ccc(-c3cccc4ccccc34)cc2)c1. The minimum atomic E-state index is 0.0256. The summed E-state index contributed by atoms with van der Waals surface area (Å²) in [6, 6.07) is 29.4. The molecule has 0 fully saturated rings. The zero-order valence-corrected chi connectivity index (χ0v) is 14.5. The van der Waals surface area contributed by atoms with Gasteiger partial charge in [-0.25, -0.2) is 0 Å². The number of aliphatic hydroxyl groups excluding tert-OH is 1. The molecule has 0 radical (unpaired) electrons. The minimum absolute atomic E-state index is 0.0256. The first kappa shape index (κ1) is 16.3. The Balaban J connectivity index is 1.79. The highest BCUT2D eigenvalue weighted by Gasteiger charge is 2.07. The molecule has 0 heterocycles. The molecular weight excluding hydrogens is 316 g/mol. The molecule has 0 atom stereocenters. The zero-order chi connectivity index (χ0) is 17.9. The molecule has 0 unspecified atom stereocenters. The molecule has 0 saturated carbocycles. The van der Waals surface area contributed by atoms with Gasteiger partial charge in [-0.05, 0) is 50.2 Å². The smallest absolute Gasteiger partial charge is 0.0687 e. The third kappa shape index (κ3) is 2.94. The van der Waals surface area contributed by atoms with E-state index in [4.69, 9.17) is 0 Å². The van der Waals surface area contributed by atoms with Gasteiger partial charge >= 0.3 is 0 Å². The Kier molecular flexibility index (Phi) is 4.39. The van der Waals surface area contributed by atoms with Gasteiger partial charge in [-0.2, -0.15) is 0 Å². The van der Waals surface area contributed by atoms with Crippen molar-refractivity contribution in [1.29, 1.82) is 0 Å².